The number of nitrogens with zero attached hydrogens (tertiary/aromatic N) is 2. The fraction of sp³-hybridized carbons (Fsp3) is 0.250. The van der Waals surface area contributed by atoms with Crippen LogP contribution >= 0.6 is 0 Å². The molecule has 5 nitrogen and oxygen atoms in total. The molecule has 0 atom stereocenters. The molecule has 0 radical (unpaired) electrons. The largest absolute Gasteiger partial charge is 0.490 e. The van der Waals surface area contributed by atoms with E-state index in [0.29, 0.717) is 5.75 Å². The van der Waals surface area contributed by atoms with Gasteiger partial charge < -0.3 is 9.47 Å². The molecule has 0 amide bonds. The van der Waals surface area contributed by atoms with Crippen LogP contribution in [0.5, 0.6) is 5.75 Å². The zero-order valence-electron chi connectivity index (χ0n) is 26.0. The van der Waals surface area contributed by atoms with Crippen LogP contribution in [0.2, 0.25) is 0 Å². The van der Waals surface area contributed by atoms with E-state index in [2.05, 4.69) is 103 Å². The number of aryl methyl sites for hydroxylation is 1. The zero-order chi connectivity index (χ0) is 31.0. The minimum atomic E-state index is -0.455. The predicted octanol–water partition coefficient (Wildman–Crippen LogP) is 10.0. The molecule has 0 N–H and O–H groups in total. The summed E-state index contributed by atoms with van der Waals surface area (Å²) in [5.41, 5.74) is 5.51. The highest BCUT2D eigenvalue weighted by Gasteiger charge is 2.20. The number of carbonyl (C=O) groups excluding carboxylic acids is 1. The first-order valence-electron chi connectivity index (χ1n) is 16.1. The van der Waals surface area contributed by atoms with Crippen LogP contribution in [0, 0.1) is 0 Å². The molecule has 0 aliphatic heterocycles. The molecule has 0 unspecified atom stereocenters. The SMILES string of the molecule is C=CC(=O)OCCOc1ccc(-n2c(-c3ccc(CCCCCCCC)cc3)nc3c4ccccc4c4ccccc4c32)cc1. The lowest BCUT2D eigenvalue weighted by Gasteiger charge is -2.14. The minimum Gasteiger partial charge on any atom is -0.490 e. The van der Waals surface area contributed by atoms with Crippen LogP contribution in [0.3, 0.4) is 0 Å². The number of carbonyl (C=O) groups is 1. The fourth-order valence-corrected chi connectivity index (χ4v) is 6.13. The monoisotopic (exact) mass is 596 g/mol. The summed E-state index contributed by atoms with van der Waals surface area (Å²) >= 11 is 0. The van der Waals surface area contributed by atoms with Gasteiger partial charge in [0, 0.05) is 28.1 Å². The number of esters is 1. The van der Waals surface area contributed by atoms with Gasteiger partial charge in [-0.25, -0.2) is 9.78 Å². The Kier molecular flexibility index (Phi) is 9.55. The maximum absolute atomic E-state index is 11.3. The van der Waals surface area contributed by atoms with Crippen molar-refractivity contribution in [1.82, 2.24) is 9.55 Å². The molecule has 0 spiro atoms. The van der Waals surface area contributed by atoms with Crippen molar-refractivity contribution in [2.45, 2.75) is 51.9 Å². The Balaban J connectivity index is 1.38. The molecule has 6 aromatic rings. The van der Waals surface area contributed by atoms with Gasteiger partial charge >= 0.3 is 5.97 Å². The number of benzene rings is 5. The summed E-state index contributed by atoms with van der Waals surface area (Å²) in [5, 5.41) is 4.71. The summed E-state index contributed by atoms with van der Waals surface area (Å²) in [6, 6.07) is 34.1. The number of hydrogen-bond donors (Lipinski definition) is 0. The number of hydrogen-bond acceptors (Lipinski definition) is 4. The highest BCUT2D eigenvalue weighted by molar-refractivity contribution is 6.24. The van der Waals surface area contributed by atoms with Crippen molar-refractivity contribution in [1.29, 1.82) is 0 Å². The zero-order valence-corrected chi connectivity index (χ0v) is 26.0. The van der Waals surface area contributed by atoms with Gasteiger partial charge in [0.25, 0.3) is 0 Å². The second-order valence-corrected chi connectivity index (χ2v) is 11.5. The van der Waals surface area contributed by atoms with Gasteiger partial charge in [0.1, 0.15) is 24.8 Å². The van der Waals surface area contributed by atoms with E-state index in [1.54, 1.807) is 0 Å². The molecule has 0 saturated carbocycles. The van der Waals surface area contributed by atoms with Crippen molar-refractivity contribution in [3.05, 3.63) is 115 Å². The molecule has 0 bridgehead atoms. The Labute approximate surface area is 265 Å². The van der Waals surface area contributed by atoms with E-state index in [0.717, 1.165) is 51.4 Å². The number of rotatable bonds is 14. The van der Waals surface area contributed by atoms with Crippen molar-refractivity contribution in [3.8, 4) is 22.8 Å². The molecule has 5 aromatic carbocycles. The molecule has 45 heavy (non-hydrogen) atoms. The van der Waals surface area contributed by atoms with Gasteiger partial charge in [0.2, 0.25) is 0 Å². The molecule has 228 valence electrons. The first-order valence-corrected chi connectivity index (χ1v) is 16.1. The molecule has 6 rings (SSSR count). The van der Waals surface area contributed by atoms with Crippen LogP contribution in [0.1, 0.15) is 51.0 Å². The van der Waals surface area contributed by atoms with Crippen LogP contribution in [-0.4, -0.2) is 28.7 Å². The molecular weight excluding hydrogens is 556 g/mol. The molecule has 1 heterocycles. The van der Waals surface area contributed by atoms with Crippen molar-refractivity contribution in [3.63, 3.8) is 0 Å². The third-order valence-electron chi connectivity index (χ3n) is 8.42. The topological polar surface area (TPSA) is 53.4 Å². The first kappa shape index (κ1) is 30.1. The third kappa shape index (κ3) is 6.63. The predicted molar refractivity (Wildman–Crippen MR) is 185 cm³/mol. The van der Waals surface area contributed by atoms with Gasteiger partial charge in [0.05, 0.1) is 11.0 Å². The van der Waals surface area contributed by atoms with E-state index in [1.807, 2.05) is 12.1 Å². The third-order valence-corrected chi connectivity index (χ3v) is 8.42. The number of aromatic nitrogens is 2. The van der Waals surface area contributed by atoms with Crippen molar-refractivity contribution in [2.75, 3.05) is 13.2 Å². The van der Waals surface area contributed by atoms with Crippen molar-refractivity contribution in [2.24, 2.45) is 0 Å². The lowest BCUT2D eigenvalue weighted by Crippen LogP contribution is -2.10. The van der Waals surface area contributed by atoms with Crippen LogP contribution in [0.15, 0.2) is 110 Å². The Bertz CT molecular complexity index is 1920. The van der Waals surface area contributed by atoms with Crippen molar-refractivity contribution < 1.29 is 14.3 Å². The highest BCUT2D eigenvalue weighted by atomic mass is 16.6. The minimum absolute atomic E-state index is 0.164. The maximum atomic E-state index is 11.3. The summed E-state index contributed by atoms with van der Waals surface area (Å²) < 4.78 is 13.2. The molecule has 0 saturated heterocycles. The number of fused-ring (bicyclic) bond motifs is 6. The maximum Gasteiger partial charge on any atom is 0.330 e. The highest BCUT2D eigenvalue weighted by Crippen LogP contribution is 2.39. The van der Waals surface area contributed by atoms with Gasteiger partial charge in [0.15, 0.2) is 0 Å². The lowest BCUT2D eigenvalue weighted by atomic mass is 10.00. The van der Waals surface area contributed by atoms with E-state index in [9.17, 15) is 4.79 Å². The Hall–Kier alpha value is -4.90. The summed E-state index contributed by atoms with van der Waals surface area (Å²) in [5.74, 6) is 1.15. The van der Waals surface area contributed by atoms with Gasteiger partial charge in [-0.15, -0.1) is 0 Å². The van der Waals surface area contributed by atoms with E-state index in [4.69, 9.17) is 14.5 Å². The Morgan fingerprint density at radius 3 is 2.11 bits per heavy atom. The Morgan fingerprint density at radius 2 is 1.40 bits per heavy atom. The molecule has 5 heteroatoms. The molecular formula is C40H40N2O3. The number of ether oxygens (including phenoxy) is 2. The van der Waals surface area contributed by atoms with Crippen LogP contribution < -0.4 is 4.74 Å². The average Bonchev–Trinajstić information content (AvgIpc) is 3.50. The van der Waals surface area contributed by atoms with E-state index >= 15 is 0 Å². The van der Waals surface area contributed by atoms with Gasteiger partial charge in [-0.05, 0) is 53.4 Å². The lowest BCUT2D eigenvalue weighted by molar-refractivity contribution is -0.138. The van der Waals surface area contributed by atoms with Crippen LogP contribution in [0.4, 0.5) is 0 Å². The van der Waals surface area contributed by atoms with E-state index in [-0.39, 0.29) is 13.2 Å². The second kappa shape index (κ2) is 14.3. The smallest absolute Gasteiger partial charge is 0.330 e. The summed E-state index contributed by atoms with van der Waals surface area (Å²) in [6.45, 7) is 6.11. The standard InChI is InChI=1S/C40H40N2O3/c1-3-5-6-7-8-9-14-29-19-21-30(22-20-29)40-41-38-35-17-12-10-15-33(35)34-16-11-13-18-36(34)39(38)42(40)31-23-25-32(26-24-31)44-27-28-45-37(43)4-2/h4,10-13,15-26H,2-3,5-9,14,27-28H2,1H3. The summed E-state index contributed by atoms with van der Waals surface area (Å²) in [7, 11) is 0. The normalized spacial score (nSPS) is 11.3. The summed E-state index contributed by atoms with van der Waals surface area (Å²) in [4.78, 5) is 16.7. The van der Waals surface area contributed by atoms with Gasteiger partial charge in [-0.3, -0.25) is 4.57 Å². The van der Waals surface area contributed by atoms with Gasteiger partial charge in [-0.1, -0.05) is 118 Å². The number of imidazole rings is 1. The second-order valence-electron chi connectivity index (χ2n) is 11.5. The number of unbranched alkanes of at least 4 members (excludes halogenated alkanes) is 5. The first-order chi connectivity index (χ1) is 22.2. The molecule has 0 aliphatic rings. The Morgan fingerprint density at radius 1 is 0.756 bits per heavy atom. The molecule has 0 aliphatic carbocycles. The van der Waals surface area contributed by atoms with Crippen LogP contribution in [0.25, 0.3) is 49.7 Å². The quantitative estimate of drug-likeness (QED) is 0.0543. The van der Waals surface area contributed by atoms with E-state index in [1.165, 1.54) is 54.9 Å². The fourth-order valence-electron chi connectivity index (χ4n) is 6.13. The molecule has 1 aromatic heterocycles. The van der Waals surface area contributed by atoms with Crippen molar-refractivity contribution >= 4 is 38.5 Å². The summed E-state index contributed by atoms with van der Waals surface area (Å²) in [6.07, 6.45) is 10.1. The van der Waals surface area contributed by atoms with Crippen LogP contribution in [-0.2, 0) is 16.0 Å². The average molecular weight is 597 g/mol. The van der Waals surface area contributed by atoms with Gasteiger partial charge in [-0.2, -0.15) is 0 Å². The molecule has 0 fully saturated rings. The van der Waals surface area contributed by atoms with E-state index < -0.39 is 5.97 Å².